The van der Waals surface area contributed by atoms with Crippen molar-refractivity contribution >= 4 is 10.4 Å². The summed E-state index contributed by atoms with van der Waals surface area (Å²) in [6.07, 6.45) is -1.91. The Morgan fingerprint density at radius 1 is 1.23 bits per heavy atom. The summed E-state index contributed by atoms with van der Waals surface area (Å²) in [5, 5.41) is 16.4. The van der Waals surface area contributed by atoms with Crippen LogP contribution in [0.2, 0.25) is 0 Å². The molecule has 0 spiro atoms. The molecule has 0 aliphatic carbocycles. The van der Waals surface area contributed by atoms with Crippen molar-refractivity contribution in [2.24, 2.45) is 5.73 Å². The second-order valence-corrected chi connectivity index (χ2v) is 3.46. The molecule has 2 unspecified atom stereocenters. The van der Waals surface area contributed by atoms with E-state index in [9.17, 15) is 8.42 Å². The van der Waals surface area contributed by atoms with Crippen LogP contribution in [0, 0.1) is 0 Å². The number of rotatable bonds is 3. The first-order chi connectivity index (χ1) is 5.76. The van der Waals surface area contributed by atoms with Gasteiger partial charge in [0.25, 0.3) is 0 Å². The van der Waals surface area contributed by atoms with Gasteiger partial charge in [0.1, 0.15) is 6.23 Å². The van der Waals surface area contributed by atoms with Crippen LogP contribution >= 0.6 is 0 Å². The predicted octanol–water partition coefficient (Wildman–Crippen LogP) is -1.83. The van der Waals surface area contributed by atoms with Crippen molar-refractivity contribution in [1.82, 2.24) is 0 Å². The lowest BCUT2D eigenvalue weighted by Gasteiger charge is -2.03. The van der Waals surface area contributed by atoms with Gasteiger partial charge >= 0.3 is 10.4 Å². The minimum Gasteiger partial charge on any atom is -0.389 e. The van der Waals surface area contributed by atoms with Crippen molar-refractivity contribution < 1.29 is 27.0 Å². The fourth-order valence-corrected chi connectivity index (χ4v) is 0.204. The van der Waals surface area contributed by atoms with Gasteiger partial charge in [0.05, 0.1) is 20.3 Å². The van der Waals surface area contributed by atoms with Gasteiger partial charge in [-0.3, -0.25) is 8.37 Å². The quantitative estimate of drug-likeness (QED) is 0.475. The highest BCUT2D eigenvalue weighted by molar-refractivity contribution is 7.81. The van der Waals surface area contributed by atoms with Crippen LogP contribution < -0.4 is 5.73 Å². The first-order valence-electron chi connectivity index (χ1n) is 3.24. The molecule has 0 amide bonds. The highest BCUT2D eigenvalue weighted by atomic mass is 32.3. The summed E-state index contributed by atoms with van der Waals surface area (Å²) in [5.41, 5.74) is 4.74. The molecule has 7 nitrogen and oxygen atoms in total. The summed E-state index contributed by atoms with van der Waals surface area (Å²) in [6.45, 7) is 1.42. The Balaban J connectivity index is 0. The van der Waals surface area contributed by atoms with Gasteiger partial charge in [-0.2, -0.15) is 8.42 Å². The summed E-state index contributed by atoms with van der Waals surface area (Å²) in [5.74, 6) is 0. The smallest absolute Gasteiger partial charge is 0.389 e. The molecule has 2 atom stereocenters. The van der Waals surface area contributed by atoms with E-state index in [4.69, 9.17) is 15.9 Å². The number of hydrogen-bond donors (Lipinski definition) is 3. The SMILES string of the molecule is CC(O)C(N)O.COS(=O)(=O)OC. The third kappa shape index (κ3) is 11.8. The van der Waals surface area contributed by atoms with Gasteiger partial charge in [0.2, 0.25) is 0 Å². The van der Waals surface area contributed by atoms with Crippen LogP contribution in [-0.4, -0.2) is 45.2 Å². The first-order valence-corrected chi connectivity index (χ1v) is 4.58. The van der Waals surface area contributed by atoms with Crippen molar-refractivity contribution in [3.05, 3.63) is 0 Å². The zero-order valence-electron chi connectivity index (χ0n) is 7.67. The predicted molar refractivity (Wildman–Crippen MR) is 44.8 cm³/mol. The normalized spacial score (nSPS) is 15.5. The third-order valence-electron chi connectivity index (χ3n) is 0.903. The van der Waals surface area contributed by atoms with Crippen LogP contribution in [0.25, 0.3) is 0 Å². The molecule has 0 aromatic rings. The van der Waals surface area contributed by atoms with E-state index in [1.165, 1.54) is 6.92 Å². The lowest BCUT2D eigenvalue weighted by atomic mass is 10.4. The van der Waals surface area contributed by atoms with Crippen molar-refractivity contribution in [2.75, 3.05) is 14.2 Å². The molecule has 0 aliphatic rings. The summed E-state index contributed by atoms with van der Waals surface area (Å²) in [6, 6.07) is 0. The summed E-state index contributed by atoms with van der Waals surface area (Å²) >= 11 is 0. The van der Waals surface area contributed by atoms with E-state index in [0.29, 0.717) is 0 Å². The molecule has 0 radical (unpaired) electrons. The Kier molecular flexibility index (Phi) is 8.42. The van der Waals surface area contributed by atoms with E-state index in [-0.39, 0.29) is 0 Å². The molecule has 0 aliphatic heterocycles. The molecule has 0 bridgehead atoms. The lowest BCUT2D eigenvalue weighted by Crippen LogP contribution is -2.31. The van der Waals surface area contributed by atoms with E-state index >= 15 is 0 Å². The minimum atomic E-state index is -3.66. The van der Waals surface area contributed by atoms with Gasteiger partial charge in [0.15, 0.2) is 0 Å². The molecule has 13 heavy (non-hydrogen) atoms. The zero-order valence-corrected chi connectivity index (χ0v) is 8.48. The Hall–Kier alpha value is -0.250. The number of nitrogens with two attached hydrogens (primary N) is 1. The van der Waals surface area contributed by atoms with Gasteiger partial charge < -0.3 is 15.9 Å². The van der Waals surface area contributed by atoms with E-state index in [0.717, 1.165) is 14.2 Å². The topological polar surface area (TPSA) is 119 Å². The van der Waals surface area contributed by atoms with Crippen molar-refractivity contribution in [3.63, 3.8) is 0 Å². The molecule has 0 saturated carbocycles. The van der Waals surface area contributed by atoms with E-state index in [2.05, 4.69) is 8.37 Å². The molecular weight excluding hydrogens is 202 g/mol. The first kappa shape index (κ1) is 15.2. The number of aliphatic hydroxyl groups excluding tert-OH is 2. The third-order valence-corrected chi connectivity index (χ3v) is 1.72. The Bertz CT molecular complexity index is 183. The maximum absolute atomic E-state index is 9.92. The summed E-state index contributed by atoms with van der Waals surface area (Å²) < 4.78 is 27.5. The van der Waals surface area contributed by atoms with Gasteiger partial charge in [0, 0.05) is 0 Å². The second kappa shape index (κ2) is 7.18. The van der Waals surface area contributed by atoms with E-state index in [1.54, 1.807) is 0 Å². The standard InChI is InChI=1S/C3H9NO2.C2H6O4S/c1-2(5)3(4)6;1-5-7(3,4)6-2/h2-3,5-6H,4H2,1H3;1-2H3. The molecule has 0 aromatic heterocycles. The van der Waals surface area contributed by atoms with E-state index in [1.807, 2.05) is 0 Å². The van der Waals surface area contributed by atoms with Gasteiger partial charge in [-0.1, -0.05) is 0 Å². The Labute approximate surface area is 77.4 Å². The molecular formula is C5H15NO6S. The fraction of sp³-hybridized carbons (Fsp3) is 1.00. The van der Waals surface area contributed by atoms with Crippen molar-refractivity contribution in [3.8, 4) is 0 Å². The summed E-state index contributed by atoms with van der Waals surface area (Å²) in [7, 11) is -1.60. The van der Waals surface area contributed by atoms with Gasteiger partial charge in [-0.25, -0.2) is 0 Å². The van der Waals surface area contributed by atoms with Crippen LogP contribution in [0.15, 0.2) is 0 Å². The molecule has 8 heteroatoms. The Morgan fingerprint density at radius 2 is 1.46 bits per heavy atom. The second-order valence-electron chi connectivity index (χ2n) is 1.97. The maximum Gasteiger partial charge on any atom is 0.399 e. The summed E-state index contributed by atoms with van der Waals surface area (Å²) in [4.78, 5) is 0. The number of aliphatic hydroxyl groups is 2. The minimum absolute atomic E-state index is 0.815. The van der Waals surface area contributed by atoms with Crippen LogP contribution in [0.5, 0.6) is 0 Å². The highest BCUT2D eigenvalue weighted by Gasteiger charge is 2.01. The molecule has 0 saturated heterocycles. The van der Waals surface area contributed by atoms with Gasteiger partial charge in [-0.05, 0) is 6.92 Å². The fourth-order valence-electron chi connectivity index (χ4n) is 0.0680. The maximum atomic E-state index is 9.92. The average Bonchev–Trinajstić information content (AvgIpc) is 2.05. The van der Waals surface area contributed by atoms with Crippen molar-refractivity contribution in [1.29, 1.82) is 0 Å². The molecule has 0 aromatic carbocycles. The highest BCUT2D eigenvalue weighted by Crippen LogP contribution is 1.85. The largest absolute Gasteiger partial charge is 0.399 e. The molecule has 4 N–H and O–H groups in total. The van der Waals surface area contributed by atoms with E-state index < -0.39 is 22.7 Å². The molecule has 0 fully saturated rings. The van der Waals surface area contributed by atoms with Crippen LogP contribution in [-0.2, 0) is 18.8 Å². The molecule has 0 heterocycles. The Morgan fingerprint density at radius 3 is 1.46 bits per heavy atom. The monoisotopic (exact) mass is 217 g/mol. The average molecular weight is 217 g/mol. The van der Waals surface area contributed by atoms with Crippen LogP contribution in [0.3, 0.4) is 0 Å². The zero-order chi connectivity index (χ0) is 11.1. The lowest BCUT2D eigenvalue weighted by molar-refractivity contribution is 0.0359. The molecule has 0 rings (SSSR count). The van der Waals surface area contributed by atoms with Crippen LogP contribution in [0.1, 0.15) is 6.92 Å². The molecule has 82 valence electrons. The number of hydrogen-bond acceptors (Lipinski definition) is 7. The van der Waals surface area contributed by atoms with Gasteiger partial charge in [-0.15, -0.1) is 0 Å². The van der Waals surface area contributed by atoms with Crippen molar-refractivity contribution in [2.45, 2.75) is 19.3 Å². The van der Waals surface area contributed by atoms with Crippen LogP contribution in [0.4, 0.5) is 0 Å².